The van der Waals surface area contributed by atoms with Gasteiger partial charge >= 0.3 is 0 Å². The Morgan fingerprint density at radius 3 is 2.38 bits per heavy atom. The van der Waals surface area contributed by atoms with Gasteiger partial charge in [-0.1, -0.05) is 44.2 Å². The number of benzene rings is 1. The molecule has 0 aromatic heterocycles. The summed E-state index contributed by atoms with van der Waals surface area (Å²) in [5.41, 5.74) is 0.581. The van der Waals surface area contributed by atoms with Gasteiger partial charge in [-0.15, -0.1) is 13.2 Å². The molecule has 6 atom stereocenters. The Morgan fingerprint density at radius 2 is 1.82 bits per heavy atom. The van der Waals surface area contributed by atoms with Crippen molar-refractivity contribution in [2.45, 2.75) is 64.7 Å². The van der Waals surface area contributed by atoms with Crippen molar-refractivity contribution in [2.75, 3.05) is 37.7 Å². The number of amides is 3. The first-order valence-electron chi connectivity index (χ1n) is 14.0. The summed E-state index contributed by atoms with van der Waals surface area (Å²) in [5, 5.41) is 9.97. The molecule has 1 N–H and O–H groups in total. The summed E-state index contributed by atoms with van der Waals surface area (Å²) >= 11 is 0. The van der Waals surface area contributed by atoms with E-state index >= 15 is 0 Å². The Hall–Kier alpha value is -2.97. The molecule has 8 nitrogen and oxygen atoms in total. The Balaban J connectivity index is 1.85. The number of fused-ring (bicyclic) bond motifs is 1. The average molecular weight is 538 g/mol. The van der Waals surface area contributed by atoms with Gasteiger partial charge in [0.1, 0.15) is 11.6 Å². The lowest BCUT2D eigenvalue weighted by atomic mass is 9.62. The number of aliphatic hydroxyl groups is 1. The number of aliphatic hydroxyl groups excluding tert-OH is 1. The molecule has 4 rings (SSSR count). The van der Waals surface area contributed by atoms with Crippen LogP contribution < -0.4 is 4.90 Å². The van der Waals surface area contributed by atoms with Gasteiger partial charge in [-0.25, -0.2) is 0 Å². The topological polar surface area (TPSA) is 90.4 Å². The fraction of sp³-hybridized carbons (Fsp3) is 0.581. The number of nitrogens with zero attached hydrogens (tertiary/aromatic N) is 3. The molecule has 8 heteroatoms. The molecule has 1 spiro atoms. The van der Waals surface area contributed by atoms with Crippen molar-refractivity contribution in [2.24, 2.45) is 17.8 Å². The SMILES string of the molecule is C=CCN(CCC)C(=O)[C@@H]1[C@H]2C(=O)N(CCO)C(C(=O)N(CC=C)c3c(C)cccc3C)C23CC(C)[C@@]1(C)O3. The van der Waals surface area contributed by atoms with E-state index in [1.807, 2.05) is 52.8 Å². The fourth-order valence-corrected chi connectivity index (χ4v) is 7.46. The molecule has 39 heavy (non-hydrogen) atoms. The number of aryl methyl sites for hydroxylation is 2. The molecule has 3 amide bonds. The molecule has 1 aromatic rings. The largest absolute Gasteiger partial charge is 0.395 e. The highest BCUT2D eigenvalue weighted by Crippen LogP contribution is 2.65. The third-order valence-corrected chi connectivity index (χ3v) is 9.10. The van der Waals surface area contributed by atoms with Crippen LogP contribution in [0.1, 0.15) is 44.7 Å². The van der Waals surface area contributed by atoms with E-state index in [0.29, 0.717) is 19.5 Å². The second kappa shape index (κ2) is 10.9. The van der Waals surface area contributed by atoms with Crippen molar-refractivity contribution in [1.82, 2.24) is 9.80 Å². The number of carbonyl (C=O) groups excluding carboxylic acids is 3. The van der Waals surface area contributed by atoms with Gasteiger partial charge in [-0.2, -0.15) is 0 Å². The van der Waals surface area contributed by atoms with Gasteiger partial charge in [-0.3, -0.25) is 14.4 Å². The van der Waals surface area contributed by atoms with Crippen molar-refractivity contribution < 1.29 is 24.2 Å². The van der Waals surface area contributed by atoms with E-state index in [-0.39, 0.29) is 43.3 Å². The molecule has 0 aliphatic carbocycles. The highest BCUT2D eigenvalue weighted by atomic mass is 16.5. The lowest BCUT2D eigenvalue weighted by Gasteiger charge is -2.39. The Bertz CT molecular complexity index is 1150. The van der Waals surface area contributed by atoms with E-state index < -0.39 is 29.1 Å². The zero-order valence-corrected chi connectivity index (χ0v) is 24.0. The van der Waals surface area contributed by atoms with E-state index in [4.69, 9.17) is 4.74 Å². The minimum atomic E-state index is -1.17. The highest BCUT2D eigenvalue weighted by molar-refractivity contribution is 6.05. The lowest BCUT2D eigenvalue weighted by molar-refractivity contribution is -0.151. The standard InChI is InChI=1S/C31H43N3O5/c1-8-14-32(15-9-2)27(36)23-24-28(37)34(17-18-35)26(31(24)19-22(6)30(23,7)39-31)29(38)33(16-10-3)25-20(4)12-11-13-21(25)5/h8,10-13,22-24,26,35H,1,3,9,14-19H2,2,4-7H3/t22?,23-,24-,26?,30+,31?/m0/s1. The minimum Gasteiger partial charge on any atom is -0.395 e. The molecule has 3 aliphatic rings. The van der Waals surface area contributed by atoms with Crippen molar-refractivity contribution in [3.63, 3.8) is 0 Å². The molecular formula is C31H43N3O5. The summed E-state index contributed by atoms with van der Waals surface area (Å²) in [5.74, 6) is -2.31. The van der Waals surface area contributed by atoms with Crippen molar-refractivity contribution in [1.29, 1.82) is 0 Å². The Labute approximate surface area is 232 Å². The van der Waals surface area contributed by atoms with Crippen LogP contribution in [0.2, 0.25) is 0 Å². The van der Waals surface area contributed by atoms with Gasteiger partial charge < -0.3 is 24.5 Å². The number of ether oxygens (including phenoxy) is 1. The normalized spacial score (nSPS) is 30.8. The van der Waals surface area contributed by atoms with Gasteiger partial charge in [0.2, 0.25) is 11.8 Å². The van der Waals surface area contributed by atoms with Gasteiger partial charge in [0.15, 0.2) is 0 Å². The Morgan fingerprint density at radius 1 is 1.18 bits per heavy atom. The van der Waals surface area contributed by atoms with Crippen LogP contribution in [0.15, 0.2) is 43.5 Å². The van der Waals surface area contributed by atoms with E-state index in [0.717, 1.165) is 23.2 Å². The molecule has 1 aromatic carbocycles. The van der Waals surface area contributed by atoms with Gasteiger partial charge in [0, 0.05) is 31.9 Å². The zero-order valence-electron chi connectivity index (χ0n) is 24.0. The number of carbonyl (C=O) groups is 3. The molecular weight excluding hydrogens is 494 g/mol. The van der Waals surface area contributed by atoms with Crippen molar-refractivity contribution in [3.8, 4) is 0 Å². The number of hydrogen-bond donors (Lipinski definition) is 1. The summed E-state index contributed by atoms with van der Waals surface area (Å²) in [4.78, 5) is 47.8. The summed E-state index contributed by atoms with van der Waals surface area (Å²) in [6.07, 6.45) is 4.62. The third-order valence-electron chi connectivity index (χ3n) is 9.10. The maximum Gasteiger partial charge on any atom is 0.253 e. The first kappa shape index (κ1) is 29.0. The lowest BCUT2D eigenvalue weighted by Crippen LogP contribution is -2.57. The maximum atomic E-state index is 14.6. The number of hydrogen-bond acceptors (Lipinski definition) is 5. The van der Waals surface area contributed by atoms with E-state index in [2.05, 4.69) is 13.2 Å². The van der Waals surface area contributed by atoms with Crippen LogP contribution >= 0.6 is 0 Å². The van der Waals surface area contributed by atoms with Crippen molar-refractivity contribution in [3.05, 3.63) is 54.6 Å². The second-order valence-corrected chi connectivity index (χ2v) is 11.5. The third kappa shape index (κ3) is 4.32. The minimum absolute atomic E-state index is 0.0110. The summed E-state index contributed by atoms with van der Waals surface area (Å²) in [6.45, 7) is 18.4. The number of para-hydroxylation sites is 1. The monoisotopic (exact) mass is 537 g/mol. The molecule has 3 aliphatic heterocycles. The summed E-state index contributed by atoms with van der Waals surface area (Å²) < 4.78 is 6.84. The summed E-state index contributed by atoms with van der Waals surface area (Å²) in [6, 6.07) is 4.88. The highest BCUT2D eigenvalue weighted by Gasteiger charge is 2.80. The van der Waals surface area contributed by atoms with Gasteiger partial charge in [-0.05, 0) is 50.7 Å². The number of β-amino-alcohol motifs (C(OH)–C–C–N with tert-alkyl or cyclic N) is 1. The van der Waals surface area contributed by atoms with E-state index in [9.17, 15) is 19.5 Å². The van der Waals surface area contributed by atoms with Crippen LogP contribution in [0.4, 0.5) is 5.69 Å². The number of anilines is 1. The smallest absolute Gasteiger partial charge is 0.253 e. The summed E-state index contributed by atoms with van der Waals surface area (Å²) in [7, 11) is 0. The molecule has 3 fully saturated rings. The molecule has 0 radical (unpaired) electrons. The van der Waals surface area contributed by atoms with Crippen LogP contribution in [-0.4, -0.2) is 82.7 Å². The van der Waals surface area contributed by atoms with Crippen LogP contribution in [0.25, 0.3) is 0 Å². The second-order valence-electron chi connectivity index (χ2n) is 11.5. The van der Waals surface area contributed by atoms with Gasteiger partial charge in [0.25, 0.3) is 5.91 Å². The van der Waals surface area contributed by atoms with Crippen molar-refractivity contribution >= 4 is 23.4 Å². The van der Waals surface area contributed by atoms with Gasteiger partial charge in [0.05, 0.1) is 24.0 Å². The quantitative estimate of drug-likeness (QED) is 0.438. The molecule has 3 heterocycles. The molecule has 3 unspecified atom stereocenters. The number of likely N-dealkylation sites (tertiary alicyclic amines) is 1. The first-order valence-corrected chi connectivity index (χ1v) is 14.0. The van der Waals surface area contributed by atoms with Crippen LogP contribution in [0, 0.1) is 31.6 Å². The molecule has 0 saturated carbocycles. The first-order chi connectivity index (χ1) is 18.5. The average Bonchev–Trinajstić information content (AvgIpc) is 3.39. The van der Waals surface area contributed by atoms with Crippen LogP contribution in [0.3, 0.4) is 0 Å². The maximum absolute atomic E-state index is 14.6. The van der Waals surface area contributed by atoms with Crippen LogP contribution in [0.5, 0.6) is 0 Å². The zero-order chi connectivity index (χ0) is 28.7. The fourth-order valence-electron chi connectivity index (χ4n) is 7.46. The predicted molar refractivity (Wildman–Crippen MR) is 151 cm³/mol. The molecule has 212 valence electrons. The molecule has 2 bridgehead atoms. The Kier molecular flexibility index (Phi) is 8.11. The number of rotatable bonds is 11. The predicted octanol–water partition coefficient (Wildman–Crippen LogP) is 3.25. The van der Waals surface area contributed by atoms with E-state index in [1.165, 1.54) is 4.90 Å². The van der Waals surface area contributed by atoms with E-state index in [1.54, 1.807) is 22.0 Å². The van der Waals surface area contributed by atoms with Crippen LogP contribution in [-0.2, 0) is 19.1 Å². The molecule has 3 saturated heterocycles.